The van der Waals surface area contributed by atoms with Gasteiger partial charge in [0.05, 0.1) is 5.71 Å². The molecular weight excluding hydrogens is 232 g/mol. The largest absolute Gasteiger partial charge is 0.372 e. The maximum absolute atomic E-state index is 9.53. The Balaban J connectivity index is 2.45. The van der Waals surface area contributed by atoms with E-state index in [0.717, 1.165) is 17.0 Å². The van der Waals surface area contributed by atoms with Crippen molar-refractivity contribution in [3.05, 3.63) is 35.3 Å². The third kappa shape index (κ3) is 4.79. The van der Waals surface area contributed by atoms with Gasteiger partial charge in [-0.05, 0) is 19.9 Å². The second-order valence-electron chi connectivity index (χ2n) is 4.08. The van der Waals surface area contributed by atoms with Crippen LogP contribution in [0.5, 0.6) is 0 Å². The standard InChI is InChI=1S/C13H20N2OS/c1-5-12(7-6-10(2)3)17-9-11-8-13(16)15(4)14-11/h5-7,13,16H,2,8-9H2,1,3-4H3/b7-6-,12-5+. The maximum Gasteiger partial charge on any atom is 0.147 e. The van der Waals surface area contributed by atoms with E-state index in [4.69, 9.17) is 0 Å². The summed E-state index contributed by atoms with van der Waals surface area (Å²) in [6.07, 6.45) is 6.32. The lowest BCUT2D eigenvalue weighted by molar-refractivity contribution is 0.0451. The number of hydrazone groups is 1. The molecule has 0 aromatic carbocycles. The van der Waals surface area contributed by atoms with Gasteiger partial charge in [0.15, 0.2) is 0 Å². The molecule has 0 aliphatic carbocycles. The average molecular weight is 252 g/mol. The minimum absolute atomic E-state index is 0.453. The van der Waals surface area contributed by atoms with Crippen LogP contribution >= 0.6 is 11.8 Å². The minimum atomic E-state index is -0.453. The Morgan fingerprint density at radius 1 is 1.65 bits per heavy atom. The fourth-order valence-electron chi connectivity index (χ4n) is 1.38. The molecule has 17 heavy (non-hydrogen) atoms. The zero-order valence-corrected chi connectivity index (χ0v) is 11.5. The fraction of sp³-hybridized carbons (Fsp3) is 0.462. The van der Waals surface area contributed by atoms with Crippen molar-refractivity contribution in [2.75, 3.05) is 12.8 Å². The first-order chi connectivity index (χ1) is 8.02. The Bertz CT molecular complexity index is 372. The zero-order chi connectivity index (χ0) is 12.8. The first-order valence-electron chi connectivity index (χ1n) is 5.63. The fourth-order valence-corrected chi connectivity index (χ4v) is 2.22. The SMILES string of the molecule is C=C(C)/C=C\C(=C/C)SCC1=NN(C)C(O)C1. The van der Waals surface area contributed by atoms with E-state index >= 15 is 0 Å². The maximum atomic E-state index is 9.53. The number of thioether (sulfide) groups is 1. The molecular formula is C13H20N2OS. The Kier molecular flexibility index (Phi) is 5.51. The van der Waals surface area contributed by atoms with Gasteiger partial charge >= 0.3 is 0 Å². The van der Waals surface area contributed by atoms with Crippen LogP contribution in [0.1, 0.15) is 20.3 Å². The molecule has 0 bridgehead atoms. The second kappa shape index (κ2) is 6.67. The third-order valence-electron chi connectivity index (χ3n) is 2.37. The van der Waals surface area contributed by atoms with Gasteiger partial charge in [-0.3, -0.25) is 5.01 Å². The van der Waals surface area contributed by atoms with Crippen LogP contribution in [0, 0.1) is 0 Å². The van der Waals surface area contributed by atoms with E-state index in [2.05, 4.69) is 23.8 Å². The normalized spacial score (nSPS) is 21.2. The monoisotopic (exact) mass is 252 g/mol. The number of allylic oxidation sites excluding steroid dienone is 4. The summed E-state index contributed by atoms with van der Waals surface area (Å²) in [7, 11) is 1.79. The number of rotatable bonds is 5. The van der Waals surface area contributed by atoms with Crippen molar-refractivity contribution in [3.63, 3.8) is 0 Å². The molecule has 0 radical (unpaired) electrons. The van der Waals surface area contributed by atoms with E-state index in [-0.39, 0.29) is 0 Å². The Morgan fingerprint density at radius 3 is 2.82 bits per heavy atom. The molecule has 1 aliphatic heterocycles. The molecule has 1 heterocycles. The van der Waals surface area contributed by atoms with Crippen LogP contribution in [-0.2, 0) is 0 Å². The Hall–Kier alpha value is -1.00. The van der Waals surface area contributed by atoms with E-state index in [1.165, 1.54) is 4.91 Å². The van der Waals surface area contributed by atoms with Crippen molar-refractivity contribution >= 4 is 17.5 Å². The van der Waals surface area contributed by atoms with Crippen molar-refractivity contribution in [2.24, 2.45) is 5.10 Å². The van der Waals surface area contributed by atoms with Crippen LogP contribution in [-0.4, -0.2) is 34.9 Å². The van der Waals surface area contributed by atoms with Crippen LogP contribution in [0.15, 0.2) is 40.4 Å². The van der Waals surface area contributed by atoms with E-state index in [1.807, 2.05) is 19.9 Å². The highest BCUT2D eigenvalue weighted by Gasteiger charge is 2.20. The number of nitrogens with zero attached hydrogens (tertiary/aromatic N) is 2. The molecule has 0 saturated carbocycles. The second-order valence-corrected chi connectivity index (χ2v) is 5.13. The van der Waals surface area contributed by atoms with Crippen LogP contribution < -0.4 is 0 Å². The average Bonchev–Trinajstić information content (AvgIpc) is 2.58. The van der Waals surface area contributed by atoms with Gasteiger partial charge in [0.1, 0.15) is 6.23 Å². The summed E-state index contributed by atoms with van der Waals surface area (Å²) in [6.45, 7) is 7.82. The highest BCUT2D eigenvalue weighted by molar-refractivity contribution is 8.03. The lowest BCUT2D eigenvalue weighted by Gasteiger charge is -2.10. The molecule has 1 aliphatic rings. The third-order valence-corrected chi connectivity index (χ3v) is 3.55. The molecule has 1 unspecified atom stereocenters. The molecule has 94 valence electrons. The van der Waals surface area contributed by atoms with Gasteiger partial charge in [-0.15, -0.1) is 11.8 Å². The van der Waals surface area contributed by atoms with Gasteiger partial charge in [-0.2, -0.15) is 5.10 Å². The molecule has 1 atom stereocenters. The number of aliphatic hydroxyl groups excluding tert-OH is 1. The highest BCUT2D eigenvalue weighted by atomic mass is 32.2. The quantitative estimate of drug-likeness (QED) is 0.764. The smallest absolute Gasteiger partial charge is 0.147 e. The van der Waals surface area contributed by atoms with Crippen molar-refractivity contribution in [1.29, 1.82) is 0 Å². The van der Waals surface area contributed by atoms with Gasteiger partial charge in [-0.1, -0.05) is 24.3 Å². The predicted molar refractivity (Wildman–Crippen MR) is 76.0 cm³/mol. The first-order valence-corrected chi connectivity index (χ1v) is 6.61. The van der Waals surface area contributed by atoms with Crippen LogP contribution in [0.25, 0.3) is 0 Å². The molecule has 0 amide bonds. The molecule has 3 nitrogen and oxygen atoms in total. The summed E-state index contributed by atoms with van der Waals surface area (Å²) in [5.41, 5.74) is 2.08. The molecule has 0 aromatic rings. The van der Waals surface area contributed by atoms with Crippen molar-refractivity contribution in [1.82, 2.24) is 5.01 Å². The summed E-state index contributed by atoms with van der Waals surface area (Å²) in [4.78, 5) is 1.19. The van der Waals surface area contributed by atoms with Gasteiger partial charge in [-0.25, -0.2) is 0 Å². The molecule has 1 N–H and O–H groups in total. The first kappa shape index (κ1) is 14.1. The summed E-state index contributed by atoms with van der Waals surface area (Å²) in [6, 6.07) is 0. The van der Waals surface area contributed by atoms with Crippen molar-refractivity contribution in [3.8, 4) is 0 Å². The van der Waals surface area contributed by atoms with Crippen LogP contribution in [0.3, 0.4) is 0 Å². The number of hydrogen-bond donors (Lipinski definition) is 1. The van der Waals surface area contributed by atoms with E-state index in [0.29, 0.717) is 6.42 Å². The van der Waals surface area contributed by atoms with Gasteiger partial charge < -0.3 is 5.11 Å². The zero-order valence-electron chi connectivity index (χ0n) is 10.7. The molecule has 0 spiro atoms. The summed E-state index contributed by atoms with van der Waals surface area (Å²) < 4.78 is 0. The summed E-state index contributed by atoms with van der Waals surface area (Å²) >= 11 is 1.73. The lowest BCUT2D eigenvalue weighted by atomic mass is 10.3. The van der Waals surface area contributed by atoms with Gasteiger partial charge in [0.2, 0.25) is 0 Å². The molecule has 1 rings (SSSR count). The van der Waals surface area contributed by atoms with E-state index in [1.54, 1.807) is 23.8 Å². The Labute approximate surface area is 108 Å². The number of hydrogen-bond acceptors (Lipinski definition) is 4. The van der Waals surface area contributed by atoms with Crippen LogP contribution in [0.2, 0.25) is 0 Å². The molecule has 4 heteroatoms. The van der Waals surface area contributed by atoms with Crippen molar-refractivity contribution < 1.29 is 5.11 Å². The molecule has 0 fully saturated rings. The predicted octanol–water partition coefficient (Wildman–Crippen LogP) is 2.77. The Morgan fingerprint density at radius 2 is 2.35 bits per heavy atom. The number of aliphatic hydroxyl groups is 1. The summed E-state index contributed by atoms with van der Waals surface area (Å²) in [5.74, 6) is 0.821. The van der Waals surface area contributed by atoms with Gasteiger partial charge in [0.25, 0.3) is 0 Å². The van der Waals surface area contributed by atoms with Crippen molar-refractivity contribution in [2.45, 2.75) is 26.5 Å². The summed E-state index contributed by atoms with van der Waals surface area (Å²) in [5, 5.41) is 15.4. The minimum Gasteiger partial charge on any atom is -0.372 e. The molecule has 0 aromatic heterocycles. The van der Waals surface area contributed by atoms with Gasteiger partial charge in [0, 0.05) is 24.1 Å². The highest BCUT2D eigenvalue weighted by Crippen LogP contribution is 2.21. The lowest BCUT2D eigenvalue weighted by Crippen LogP contribution is -2.21. The van der Waals surface area contributed by atoms with Crippen LogP contribution in [0.4, 0.5) is 0 Å². The van der Waals surface area contributed by atoms with E-state index in [9.17, 15) is 5.11 Å². The topological polar surface area (TPSA) is 35.8 Å². The van der Waals surface area contributed by atoms with E-state index < -0.39 is 6.23 Å². The molecule has 0 saturated heterocycles.